The zero-order chi connectivity index (χ0) is 20.9. The summed E-state index contributed by atoms with van der Waals surface area (Å²) < 4.78 is 0. The fourth-order valence-electron chi connectivity index (χ4n) is 2.93. The molecule has 0 spiro atoms. The van der Waals surface area contributed by atoms with Gasteiger partial charge in [-0.15, -0.1) is 15.0 Å². The van der Waals surface area contributed by atoms with Crippen molar-refractivity contribution in [3.63, 3.8) is 0 Å². The second-order valence-corrected chi connectivity index (χ2v) is 10.3. The molecule has 2 aromatic rings. The van der Waals surface area contributed by atoms with Gasteiger partial charge in [-0.1, -0.05) is 52.3 Å². The van der Waals surface area contributed by atoms with Crippen LogP contribution < -0.4 is 0 Å². The molecular formula is C23H33N3OS. The van der Waals surface area contributed by atoms with Gasteiger partial charge in [0, 0.05) is 5.56 Å². The molecule has 0 fully saturated rings. The molecule has 0 aliphatic carbocycles. The minimum absolute atomic E-state index is 0.173. The number of hydrogen-bond donors (Lipinski definition) is 1. The number of rotatable bonds is 8. The standard InChI is InChI=1S/C23H33N3OS/c1-8-19-20(13-11-10-12-14-28(7)9-2)25-26(24-19)21-16-17(3)15-18(22(21)27)23(4,5)6/h8,11,13,15-16,27H,1,7,9-10,12,14H2,2-6H3/b13-11+. The quantitative estimate of drug-likeness (QED) is 0.455. The van der Waals surface area contributed by atoms with E-state index >= 15 is 0 Å². The van der Waals surface area contributed by atoms with Crippen LogP contribution in [0.2, 0.25) is 0 Å². The molecule has 0 bridgehead atoms. The zero-order valence-corrected chi connectivity index (χ0v) is 18.6. The summed E-state index contributed by atoms with van der Waals surface area (Å²) in [5.74, 6) is 6.69. The maximum absolute atomic E-state index is 10.8. The Morgan fingerprint density at radius 2 is 1.89 bits per heavy atom. The maximum Gasteiger partial charge on any atom is 0.146 e. The highest BCUT2D eigenvalue weighted by molar-refractivity contribution is 8.14. The van der Waals surface area contributed by atoms with E-state index in [-0.39, 0.29) is 21.6 Å². The van der Waals surface area contributed by atoms with Crippen molar-refractivity contribution >= 4 is 28.5 Å². The third-order valence-electron chi connectivity index (χ3n) is 4.61. The SMILES string of the molecule is C=Cc1nn(-c2cc(C)cc(C(C)(C)C)c2O)nc1/C=C/CCCS(=C)CC. The molecule has 5 heteroatoms. The summed E-state index contributed by atoms with van der Waals surface area (Å²) in [6.07, 6.45) is 7.94. The lowest BCUT2D eigenvalue weighted by Crippen LogP contribution is -2.13. The number of nitrogens with zero attached hydrogens (tertiary/aromatic N) is 3. The van der Waals surface area contributed by atoms with Crippen molar-refractivity contribution in [2.24, 2.45) is 0 Å². The van der Waals surface area contributed by atoms with Crippen LogP contribution in [-0.2, 0) is 5.41 Å². The van der Waals surface area contributed by atoms with E-state index in [1.807, 2.05) is 25.1 Å². The van der Waals surface area contributed by atoms with E-state index in [0.717, 1.165) is 41.2 Å². The molecule has 1 aromatic carbocycles. The van der Waals surface area contributed by atoms with Crippen molar-refractivity contribution in [1.29, 1.82) is 0 Å². The fourth-order valence-corrected chi connectivity index (χ4v) is 3.79. The number of aromatic hydroxyl groups is 1. The molecule has 1 atom stereocenters. The van der Waals surface area contributed by atoms with Crippen molar-refractivity contribution in [3.8, 4) is 11.4 Å². The number of allylic oxidation sites excluding steroid dienone is 1. The smallest absolute Gasteiger partial charge is 0.146 e. The second-order valence-electron chi connectivity index (χ2n) is 8.04. The predicted molar refractivity (Wildman–Crippen MR) is 125 cm³/mol. The van der Waals surface area contributed by atoms with Gasteiger partial charge < -0.3 is 5.11 Å². The van der Waals surface area contributed by atoms with E-state index in [1.54, 1.807) is 6.08 Å². The Kier molecular flexibility index (Phi) is 7.41. The van der Waals surface area contributed by atoms with Gasteiger partial charge in [-0.05, 0) is 60.5 Å². The lowest BCUT2D eigenvalue weighted by Gasteiger charge is -2.22. The number of aromatic nitrogens is 3. The molecule has 1 aromatic heterocycles. The lowest BCUT2D eigenvalue weighted by atomic mass is 9.85. The summed E-state index contributed by atoms with van der Waals surface area (Å²) in [6.45, 7) is 14.3. The van der Waals surface area contributed by atoms with Crippen LogP contribution in [0.3, 0.4) is 0 Å². The first-order valence-electron chi connectivity index (χ1n) is 9.75. The Bertz CT molecular complexity index is 888. The summed E-state index contributed by atoms with van der Waals surface area (Å²) in [6, 6.07) is 3.93. The topological polar surface area (TPSA) is 50.9 Å². The van der Waals surface area contributed by atoms with Gasteiger partial charge >= 0.3 is 0 Å². The molecule has 0 amide bonds. The monoisotopic (exact) mass is 399 g/mol. The molecule has 28 heavy (non-hydrogen) atoms. The van der Waals surface area contributed by atoms with Gasteiger partial charge in [0.25, 0.3) is 0 Å². The van der Waals surface area contributed by atoms with Crippen molar-refractivity contribution in [2.75, 3.05) is 11.5 Å². The van der Waals surface area contributed by atoms with Crippen molar-refractivity contribution in [2.45, 2.75) is 52.9 Å². The van der Waals surface area contributed by atoms with Gasteiger partial charge in [-0.25, -0.2) is 0 Å². The van der Waals surface area contributed by atoms with Gasteiger partial charge in [-0.2, -0.15) is 10.5 Å². The molecular weight excluding hydrogens is 366 g/mol. The first-order valence-corrected chi connectivity index (χ1v) is 11.5. The minimum atomic E-state index is -0.173. The van der Waals surface area contributed by atoms with E-state index < -0.39 is 0 Å². The molecule has 2 rings (SSSR count). The highest BCUT2D eigenvalue weighted by atomic mass is 32.2. The molecule has 0 aliphatic rings. The van der Waals surface area contributed by atoms with Gasteiger partial charge in [0.15, 0.2) is 0 Å². The number of benzene rings is 1. The Balaban J connectivity index is 2.31. The first-order chi connectivity index (χ1) is 13.2. The molecule has 152 valence electrons. The summed E-state index contributed by atoms with van der Waals surface area (Å²) >= 11 is 0. The fraction of sp³-hybridized carbons (Fsp3) is 0.435. The highest BCUT2D eigenvalue weighted by Gasteiger charge is 2.22. The summed E-state index contributed by atoms with van der Waals surface area (Å²) in [5.41, 5.74) is 3.84. The molecule has 0 radical (unpaired) electrons. The Hall–Kier alpha value is -2.14. The van der Waals surface area contributed by atoms with E-state index in [1.165, 1.54) is 4.80 Å². The molecule has 0 aliphatic heterocycles. The number of unbranched alkanes of at least 4 members (excludes halogenated alkanes) is 1. The van der Waals surface area contributed by atoms with Crippen molar-refractivity contribution < 1.29 is 5.11 Å². The Morgan fingerprint density at radius 3 is 2.50 bits per heavy atom. The van der Waals surface area contributed by atoms with Gasteiger partial charge in [0.1, 0.15) is 22.8 Å². The second kappa shape index (κ2) is 9.37. The summed E-state index contributed by atoms with van der Waals surface area (Å²) in [4.78, 5) is 1.51. The molecule has 0 saturated carbocycles. The van der Waals surface area contributed by atoms with Gasteiger partial charge in [0.2, 0.25) is 0 Å². The highest BCUT2D eigenvalue weighted by Crippen LogP contribution is 2.36. The molecule has 1 heterocycles. The number of phenols is 1. The van der Waals surface area contributed by atoms with Crippen LogP contribution >= 0.6 is 10.5 Å². The molecule has 1 unspecified atom stereocenters. The van der Waals surface area contributed by atoms with Crippen LogP contribution in [0.1, 0.15) is 63.1 Å². The van der Waals surface area contributed by atoms with Crippen LogP contribution in [0, 0.1) is 6.92 Å². The maximum atomic E-state index is 10.8. The van der Waals surface area contributed by atoms with Crippen molar-refractivity contribution in [1.82, 2.24) is 15.0 Å². The van der Waals surface area contributed by atoms with Gasteiger partial charge in [-0.3, -0.25) is 0 Å². The van der Waals surface area contributed by atoms with Gasteiger partial charge in [0.05, 0.1) is 0 Å². The Labute approximate surface area is 171 Å². The average Bonchev–Trinajstić information content (AvgIpc) is 3.04. The van der Waals surface area contributed by atoms with Crippen LogP contribution in [0.15, 0.2) is 24.8 Å². The van der Waals surface area contributed by atoms with E-state index in [9.17, 15) is 5.11 Å². The summed E-state index contributed by atoms with van der Waals surface area (Å²) in [7, 11) is 0.274. The van der Waals surface area contributed by atoms with Crippen molar-refractivity contribution in [3.05, 3.63) is 47.3 Å². The third-order valence-corrected chi connectivity index (χ3v) is 6.29. The van der Waals surface area contributed by atoms with Crippen LogP contribution in [0.5, 0.6) is 5.75 Å². The Morgan fingerprint density at radius 1 is 1.21 bits per heavy atom. The number of phenolic OH excluding ortho intramolecular Hbond substituents is 1. The first kappa shape index (κ1) is 22.2. The number of hydrogen-bond acceptors (Lipinski definition) is 3. The lowest BCUT2D eigenvalue weighted by molar-refractivity contribution is 0.440. The third kappa shape index (κ3) is 5.44. The van der Waals surface area contributed by atoms with E-state index in [2.05, 4.69) is 56.4 Å². The van der Waals surface area contributed by atoms with Crippen LogP contribution in [0.4, 0.5) is 0 Å². The van der Waals surface area contributed by atoms with E-state index in [4.69, 9.17) is 0 Å². The molecule has 1 N–H and O–H groups in total. The summed E-state index contributed by atoms with van der Waals surface area (Å²) in [5, 5.41) is 20.0. The largest absolute Gasteiger partial charge is 0.505 e. The van der Waals surface area contributed by atoms with E-state index in [0.29, 0.717) is 11.4 Å². The zero-order valence-electron chi connectivity index (χ0n) is 17.8. The van der Waals surface area contributed by atoms with Crippen LogP contribution in [-0.4, -0.2) is 37.5 Å². The minimum Gasteiger partial charge on any atom is -0.505 e. The number of aryl methyl sites for hydroxylation is 1. The average molecular weight is 400 g/mol. The normalized spacial score (nSPS) is 13.2. The molecule has 0 saturated heterocycles. The van der Waals surface area contributed by atoms with Crippen LogP contribution in [0.25, 0.3) is 17.8 Å². The molecule has 4 nitrogen and oxygen atoms in total. The predicted octanol–water partition coefficient (Wildman–Crippen LogP) is 5.74.